The summed E-state index contributed by atoms with van der Waals surface area (Å²) in [6.07, 6.45) is -4.93. The molecule has 0 spiro atoms. The summed E-state index contributed by atoms with van der Waals surface area (Å²) in [7, 11) is 0.797. The summed E-state index contributed by atoms with van der Waals surface area (Å²) in [5.74, 6) is -1.78. The standard InChI is InChI=1S/C6H4F3N3O4/c1-16-12(15)3-2(5(13)14)10-11-4(3)6(7,8)9/h1H3,(H-,10,11,13,14,15)/p+1. The molecule has 1 heterocycles. The van der Waals surface area contributed by atoms with Crippen LogP contribution in [0.5, 0.6) is 0 Å². The molecule has 2 N–H and O–H groups in total. The van der Waals surface area contributed by atoms with E-state index in [1.807, 2.05) is 0 Å². The molecule has 10 heteroatoms. The first-order chi connectivity index (χ1) is 7.29. The number of nitrogens with one attached hydrogen (secondary N) is 1. The van der Waals surface area contributed by atoms with Gasteiger partial charge < -0.3 is 5.11 Å². The number of hydrogen-bond donors (Lipinski definition) is 2. The lowest BCUT2D eigenvalue weighted by atomic mass is 10.3. The molecule has 1 rings (SSSR count). The van der Waals surface area contributed by atoms with E-state index in [-0.39, 0.29) is 0 Å². The van der Waals surface area contributed by atoms with Gasteiger partial charge in [0.1, 0.15) is 0 Å². The minimum Gasteiger partial charge on any atom is -0.476 e. The van der Waals surface area contributed by atoms with E-state index >= 15 is 0 Å². The highest BCUT2D eigenvalue weighted by Crippen LogP contribution is 2.36. The lowest BCUT2D eigenvalue weighted by molar-refractivity contribution is -0.737. The number of hydrogen-bond acceptors (Lipinski definition) is 4. The molecule has 0 radical (unpaired) electrons. The normalized spacial score (nSPS) is 11.2. The van der Waals surface area contributed by atoms with E-state index in [1.165, 1.54) is 5.10 Å². The largest absolute Gasteiger partial charge is 0.476 e. The minimum atomic E-state index is -4.93. The fourth-order valence-corrected chi connectivity index (χ4v) is 0.952. The van der Waals surface area contributed by atoms with Crippen LogP contribution in [0.2, 0.25) is 0 Å². The maximum atomic E-state index is 12.3. The molecule has 7 nitrogen and oxygen atoms in total. The van der Waals surface area contributed by atoms with Gasteiger partial charge in [-0.1, -0.05) is 0 Å². The molecule has 0 aromatic carbocycles. The zero-order valence-corrected chi connectivity index (χ0v) is 7.70. The SMILES string of the molecule is CO[N+](=O)c1c(C(=O)O)n[nH]c1C(F)(F)F. The Labute approximate surface area is 85.3 Å². The van der Waals surface area contributed by atoms with Gasteiger partial charge in [-0.3, -0.25) is 5.10 Å². The Morgan fingerprint density at radius 3 is 2.50 bits per heavy atom. The molecule has 0 saturated heterocycles. The van der Waals surface area contributed by atoms with E-state index < -0.39 is 34.1 Å². The summed E-state index contributed by atoms with van der Waals surface area (Å²) >= 11 is 0. The van der Waals surface area contributed by atoms with Gasteiger partial charge in [0.15, 0.2) is 7.11 Å². The van der Waals surface area contributed by atoms with Crippen molar-refractivity contribution in [3.05, 3.63) is 16.3 Å². The van der Waals surface area contributed by atoms with Crippen LogP contribution in [0.1, 0.15) is 16.2 Å². The number of carboxylic acid groups (broad SMARTS) is 1. The van der Waals surface area contributed by atoms with Crippen molar-refractivity contribution in [2.45, 2.75) is 6.18 Å². The molecular formula is C6H5F3N3O4+. The van der Waals surface area contributed by atoms with Crippen LogP contribution in [0.15, 0.2) is 0 Å². The minimum absolute atomic E-state index is 0.574. The van der Waals surface area contributed by atoms with Crippen LogP contribution in [-0.4, -0.2) is 33.3 Å². The Morgan fingerprint density at radius 1 is 1.56 bits per heavy atom. The smallest absolute Gasteiger partial charge is 0.439 e. The second-order valence-electron chi connectivity index (χ2n) is 2.54. The summed E-state index contributed by atoms with van der Waals surface area (Å²) < 4.78 is 37.0. The summed E-state index contributed by atoms with van der Waals surface area (Å²) in [6.45, 7) is 0. The molecule has 0 aliphatic carbocycles. The predicted octanol–water partition coefficient (Wildman–Crippen LogP) is 1.10. The van der Waals surface area contributed by atoms with Gasteiger partial charge in [-0.2, -0.15) is 18.3 Å². The van der Waals surface area contributed by atoms with Crippen molar-refractivity contribution in [2.24, 2.45) is 0 Å². The van der Waals surface area contributed by atoms with Crippen molar-refractivity contribution in [2.75, 3.05) is 7.11 Å². The highest BCUT2D eigenvalue weighted by Gasteiger charge is 2.47. The second-order valence-corrected chi connectivity index (χ2v) is 2.54. The number of carboxylic acids is 1. The molecular weight excluding hydrogens is 235 g/mol. The average molecular weight is 240 g/mol. The number of nitrogens with zero attached hydrogens (tertiary/aromatic N) is 2. The van der Waals surface area contributed by atoms with E-state index in [9.17, 15) is 22.9 Å². The lowest BCUT2D eigenvalue weighted by Gasteiger charge is -2.00. The van der Waals surface area contributed by atoms with Crippen molar-refractivity contribution < 1.29 is 32.8 Å². The number of H-pyrrole nitrogens is 1. The Bertz CT molecular complexity index is 439. The van der Waals surface area contributed by atoms with E-state index in [4.69, 9.17) is 5.11 Å². The van der Waals surface area contributed by atoms with Crippen LogP contribution >= 0.6 is 0 Å². The van der Waals surface area contributed by atoms with Gasteiger partial charge >= 0.3 is 17.8 Å². The first-order valence-corrected chi connectivity index (χ1v) is 3.69. The third-order valence-electron chi connectivity index (χ3n) is 1.58. The third-order valence-corrected chi connectivity index (χ3v) is 1.58. The summed E-state index contributed by atoms with van der Waals surface area (Å²) in [6, 6.07) is 0. The van der Waals surface area contributed by atoms with E-state index in [0.717, 1.165) is 7.11 Å². The van der Waals surface area contributed by atoms with Crippen molar-refractivity contribution in [1.29, 1.82) is 0 Å². The van der Waals surface area contributed by atoms with E-state index in [1.54, 1.807) is 0 Å². The van der Waals surface area contributed by atoms with Crippen molar-refractivity contribution in [1.82, 2.24) is 10.2 Å². The van der Waals surface area contributed by atoms with Gasteiger partial charge in [0.25, 0.3) is 10.6 Å². The number of aromatic carboxylic acids is 1. The Morgan fingerprint density at radius 2 is 2.12 bits per heavy atom. The van der Waals surface area contributed by atoms with Crippen molar-refractivity contribution >= 4 is 11.7 Å². The number of aromatic nitrogens is 2. The molecule has 16 heavy (non-hydrogen) atoms. The molecule has 0 saturated carbocycles. The van der Waals surface area contributed by atoms with Crippen LogP contribution in [0.3, 0.4) is 0 Å². The predicted molar refractivity (Wildman–Crippen MR) is 40.8 cm³/mol. The van der Waals surface area contributed by atoms with Gasteiger partial charge in [-0.15, -0.1) is 0 Å². The van der Waals surface area contributed by atoms with Gasteiger partial charge in [-0.05, 0) is 0 Å². The Hall–Kier alpha value is -2.13. The number of rotatable bonds is 3. The van der Waals surface area contributed by atoms with E-state index in [0.29, 0.717) is 0 Å². The van der Waals surface area contributed by atoms with Crippen LogP contribution in [0.4, 0.5) is 18.9 Å². The second kappa shape index (κ2) is 3.79. The molecule has 0 aliphatic rings. The molecule has 0 aliphatic heterocycles. The molecule has 1 aromatic rings. The van der Waals surface area contributed by atoms with Gasteiger partial charge in [0, 0.05) is 0 Å². The summed E-state index contributed by atoms with van der Waals surface area (Å²) in [5.41, 5.74) is -3.87. The first-order valence-electron chi connectivity index (χ1n) is 3.69. The highest BCUT2D eigenvalue weighted by atomic mass is 19.4. The number of alkyl halides is 3. The Kier molecular flexibility index (Phi) is 2.83. The lowest BCUT2D eigenvalue weighted by Crippen LogP contribution is -2.12. The van der Waals surface area contributed by atoms with Gasteiger partial charge in [0.2, 0.25) is 5.69 Å². The molecule has 0 amide bonds. The van der Waals surface area contributed by atoms with E-state index in [2.05, 4.69) is 9.94 Å². The number of aromatic amines is 1. The van der Waals surface area contributed by atoms with Crippen molar-refractivity contribution in [3.63, 3.8) is 0 Å². The monoisotopic (exact) mass is 240 g/mol. The molecule has 1 aromatic heterocycles. The molecule has 0 unspecified atom stereocenters. The fraction of sp³-hybridized carbons (Fsp3) is 0.333. The quantitative estimate of drug-likeness (QED) is 0.771. The summed E-state index contributed by atoms with van der Waals surface area (Å²) in [5, 5.41) is 12.8. The maximum absolute atomic E-state index is 12.3. The van der Waals surface area contributed by atoms with Crippen LogP contribution in [0.25, 0.3) is 0 Å². The topological polar surface area (TPSA) is 95.3 Å². The van der Waals surface area contributed by atoms with Crippen molar-refractivity contribution in [3.8, 4) is 0 Å². The van der Waals surface area contributed by atoms with Gasteiger partial charge in [-0.25, -0.2) is 9.63 Å². The molecule has 0 fully saturated rings. The number of carbonyl (C=O) groups is 1. The summed E-state index contributed by atoms with van der Waals surface area (Å²) in [4.78, 5) is 24.9. The molecule has 88 valence electrons. The zero-order valence-electron chi connectivity index (χ0n) is 7.70. The van der Waals surface area contributed by atoms with Crippen LogP contribution in [-0.2, 0) is 11.0 Å². The molecule has 0 bridgehead atoms. The third kappa shape index (κ3) is 1.94. The first kappa shape index (κ1) is 11.9. The maximum Gasteiger partial charge on any atom is 0.439 e. The highest BCUT2D eigenvalue weighted by molar-refractivity contribution is 5.90. The van der Waals surface area contributed by atoms with Crippen LogP contribution < -0.4 is 0 Å². The average Bonchev–Trinajstić information content (AvgIpc) is 2.59. The van der Waals surface area contributed by atoms with Gasteiger partial charge in [0.05, 0.1) is 4.91 Å². The zero-order chi connectivity index (χ0) is 12.5. The number of halogens is 3. The Balaban J connectivity index is 3.43. The molecule has 0 atom stereocenters. The van der Waals surface area contributed by atoms with Crippen LogP contribution in [0, 0.1) is 4.91 Å². The fourth-order valence-electron chi connectivity index (χ4n) is 0.952.